The number of halogens is 5. The molecule has 2 fully saturated rings. The summed E-state index contributed by atoms with van der Waals surface area (Å²) < 4.78 is 61.8. The number of rotatable bonds is 2. The van der Waals surface area contributed by atoms with Crippen molar-refractivity contribution < 1.29 is 26.7 Å². The Morgan fingerprint density at radius 2 is 1.84 bits per heavy atom. The van der Waals surface area contributed by atoms with Crippen LogP contribution in [0.2, 0.25) is 0 Å². The van der Waals surface area contributed by atoms with Crippen molar-refractivity contribution in [1.29, 1.82) is 0 Å². The summed E-state index contributed by atoms with van der Waals surface area (Å²) in [4.78, 5) is 11.1. The minimum atomic E-state index is -5.85. The van der Waals surface area contributed by atoms with E-state index >= 15 is 0 Å². The Morgan fingerprint density at radius 1 is 1.21 bits per heavy atom. The summed E-state index contributed by atoms with van der Waals surface area (Å²) >= 11 is 0. The van der Waals surface area contributed by atoms with Crippen LogP contribution in [0.25, 0.3) is 0 Å². The Balaban J connectivity index is 1.95. The van der Waals surface area contributed by atoms with Crippen LogP contribution in [0.5, 0.6) is 0 Å². The van der Waals surface area contributed by atoms with Gasteiger partial charge in [-0.1, -0.05) is 0 Å². The minimum absolute atomic E-state index is 0.177. The van der Waals surface area contributed by atoms with E-state index in [0.29, 0.717) is 19.4 Å². The van der Waals surface area contributed by atoms with Crippen LogP contribution in [0.15, 0.2) is 0 Å². The monoisotopic (exact) mass is 286 g/mol. The van der Waals surface area contributed by atoms with Gasteiger partial charge in [-0.2, -0.15) is 22.0 Å². The van der Waals surface area contributed by atoms with Gasteiger partial charge < -0.3 is 10.6 Å². The van der Waals surface area contributed by atoms with E-state index < -0.39 is 24.0 Å². The quantitative estimate of drug-likeness (QED) is 0.762. The number of hydrogen-bond donors (Lipinski definition) is 2. The molecule has 2 N–H and O–H groups in total. The number of piperidine rings is 1. The van der Waals surface area contributed by atoms with Crippen LogP contribution in [0.4, 0.5) is 22.0 Å². The highest BCUT2D eigenvalue weighted by molar-refractivity contribution is 5.84. The van der Waals surface area contributed by atoms with Gasteiger partial charge in [0.2, 0.25) is 0 Å². The third-order valence-electron chi connectivity index (χ3n) is 3.92. The summed E-state index contributed by atoms with van der Waals surface area (Å²) in [7, 11) is 0. The van der Waals surface area contributed by atoms with Gasteiger partial charge in [0, 0.05) is 11.6 Å². The largest absolute Gasteiger partial charge is 0.463 e. The highest BCUT2D eigenvalue weighted by Crippen LogP contribution is 2.39. The molecule has 1 aliphatic heterocycles. The molecule has 1 heterocycles. The first-order valence-corrected chi connectivity index (χ1v) is 6.17. The summed E-state index contributed by atoms with van der Waals surface area (Å²) in [6, 6.07) is -0.623. The lowest BCUT2D eigenvalue weighted by atomic mass is 9.70. The zero-order chi connectivity index (χ0) is 14.3. The van der Waals surface area contributed by atoms with Gasteiger partial charge in [0.1, 0.15) is 0 Å². The van der Waals surface area contributed by atoms with Crippen molar-refractivity contribution in [2.24, 2.45) is 0 Å². The molecular weight excluding hydrogens is 271 g/mol. The highest BCUT2D eigenvalue weighted by atomic mass is 19.4. The maximum absolute atomic E-state index is 12.8. The second-order valence-corrected chi connectivity index (χ2v) is 5.30. The van der Waals surface area contributed by atoms with Crippen molar-refractivity contribution in [3.05, 3.63) is 0 Å². The maximum atomic E-state index is 12.8. The molecule has 1 saturated heterocycles. The van der Waals surface area contributed by atoms with E-state index in [1.807, 2.05) is 5.32 Å². The first-order chi connectivity index (χ1) is 8.66. The molecular formula is C11H15F5N2O. The van der Waals surface area contributed by atoms with Gasteiger partial charge in [0.05, 0.1) is 0 Å². The van der Waals surface area contributed by atoms with E-state index in [0.717, 1.165) is 19.3 Å². The first-order valence-electron chi connectivity index (χ1n) is 6.17. The van der Waals surface area contributed by atoms with Crippen molar-refractivity contribution >= 4 is 5.91 Å². The van der Waals surface area contributed by atoms with E-state index in [1.54, 1.807) is 0 Å². The fraction of sp³-hybridized carbons (Fsp3) is 0.909. The SMILES string of the molecule is O=C(NC1CCNC2(CCC2)C1)C(F)(F)C(F)(F)F. The summed E-state index contributed by atoms with van der Waals surface area (Å²) in [5, 5.41) is 5.08. The fourth-order valence-corrected chi connectivity index (χ4v) is 2.67. The second kappa shape index (κ2) is 4.57. The smallest absolute Gasteiger partial charge is 0.348 e. The lowest BCUT2D eigenvalue weighted by Gasteiger charge is -2.48. The highest BCUT2D eigenvalue weighted by Gasteiger charge is 2.63. The Hall–Kier alpha value is -0.920. The molecule has 8 heteroatoms. The maximum Gasteiger partial charge on any atom is 0.463 e. The number of alkyl halides is 5. The van der Waals surface area contributed by atoms with Crippen molar-refractivity contribution in [3.63, 3.8) is 0 Å². The molecule has 1 atom stereocenters. The first kappa shape index (κ1) is 14.5. The minimum Gasteiger partial charge on any atom is -0.348 e. The average Bonchev–Trinajstić information content (AvgIpc) is 2.25. The molecule has 0 aromatic carbocycles. The van der Waals surface area contributed by atoms with E-state index in [1.165, 1.54) is 0 Å². The molecule has 1 unspecified atom stereocenters. The van der Waals surface area contributed by atoms with Gasteiger partial charge in [0.15, 0.2) is 0 Å². The zero-order valence-electron chi connectivity index (χ0n) is 10.1. The Morgan fingerprint density at radius 3 is 2.32 bits per heavy atom. The number of carbonyl (C=O) groups is 1. The molecule has 2 aliphatic rings. The van der Waals surface area contributed by atoms with Crippen LogP contribution in [-0.2, 0) is 4.79 Å². The summed E-state index contributed by atoms with van der Waals surface area (Å²) in [5.74, 6) is -7.58. The van der Waals surface area contributed by atoms with Crippen LogP contribution in [0.1, 0.15) is 32.1 Å². The zero-order valence-corrected chi connectivity index (χ0v) is 10.1. The predicted molar refractivity (Wildman–Crippen MR) is 56.8 cm³/mol. The lowest BCUT2D eigenvalue weighted by Crippen LogP contribution is -2.61. The summed E-state index contributed by atoms with van der Waals surface area (Å²) in [6.45, 7) is 0.516. The average molecular weight is 286 g/mol. The molecule has 1 spiro atoms. The fourth-order valence-electron chi connectivity index (χ4n) is 2.67. The summed E-state index contributed by atoms with van der Waals surface area (Å²) in [6.07, 6.45) is -2.33. The molecule has 0 aromatic rings. The molecule has 1 aliphatic carbocycles. The molecule has 19 heavy (non-hydrogen) atoms. The van der Waals surface area contributed by atoms with Crippen molar-refractivity contribution in [2.45, 2.75) is 55.8 Å². The van der Waals surface area contributed by atoms with Crippen LogP contribution in [0.3, 0.4) is 0 Å². The molecule has 2 rings (SSSR count). The van der Waals surface area contributed by atoms with E-state index in [2.05, 4.69) is 5.32 Å². The Labute approximate surface area is 106 Å². The Bertz CT molecular complexity index is 365. The van der Waals surface area contributed by atoms with E-state index in [9.17, 15) is 26.7 Å². The van der Waals surface area contributed by atoms with Crippen molar-refractivity contribution in [1.82, 2.24) is 10.6 Å². The number of nitrogens with one attached hydrogen (secondary N) is 2. The van der Waals surface area contributed by atoms with Crippen molar-refractivity contribution in [2.75, 3.05) is 6.54 Å². The van der Waals surface area contributed by atoms with Crippen LogP contribution in [-0.4, -0.2) is 36.1 Å². The predicted octanol–water partition coefficient (Wildman–Crippen LogP) is 1.97. The molecule has 1 amide bonds. The number of amides is 1. The summed E-state index contributed by atoms with van der Waals surface area (Å²) in [5.41, 5.74) is -0.177. The molecule has 3 nitrogen and oxygen atoms in total. The molecule has 110 valence electrons. The molecule has 0 aromatic heterocycles. The molecule has 0 bridgehead atoms. The van der Waals surface area contributed by atoms with Crippen LogP contribution >= 0.6 is 0 Å². The van der Waals surface area contributed by atoms with Crippen LogP contribution in [0, 0.1) is 0 Å². The van der Waals surface area contributed by atoms with E-state index in [-0.39, 0.29) is 5.54 Å². The van der Waals surface area contributed by atoms with Gasteiger partial charge in [-0.05, 0) is 38.6 Å². The van der Waals surface area contributed by atoms with Gasteiger partial charge in [-0.3, -0.25) is 4.79 Å². The van der Waals surface area contributed by atoms with Gasteiger partial charge in [-0.15, -0.1) is 0 Å². The molecule has 1 saturated carbocycles. The van der Waals surface area contributed by atoms with E-state index in [4.69, 9.17) is 0 Å². The topological polar surface area (TPSA) is 41.1 Å². The number of hydrogen-bond acceptors (Lipinski definition) is 2. The van der Waals surface area contributed by atoms with Crippen LogP contribution < -0.4 is 10.6 Å². The lowest BCUT2D eigenvalue weighted by molar-refractivity contribution is -0.270. The third kappa shape index (κ3) is 2.68. The normalized spacial score (nSPS) is 26.9. The molecule has 0 radical (unpaired) electrons. The second-order valence-electron chi connectivity index (χ2n) is 5.30. The van der Waals surface area contributed by atoms with Gasteiger partial charge >= 0.3 is 18.0 Å². The van der Waals surface area contributed by atoms with Crippen molar-refractivity contribution in [3.8, 4) is 0 Å². The van der Waals surface area contributed by atoms with Gasteiger partial charge in [0.25, 0.3) is 0 Å². The number of carbonyl (C=O) groups excluding carboxylic acids is 1. The third-order valence-corrected chi connectivity index (χ3v) is 3.92. The standard InChI is InChI=1S/C11H15F5N2O/c12-10(13,11(14,15)16)8(19)18-7-2-5-17-9(6-7)3-1-4-9/h7,17H,1-6H2,(H,18,19). The Kier molecular flexibility index (Phi) is 3.49. The van der Waals surface area contributed by atoms with Gasteiger partial charge in [-0.25, -0.2) is 0 Å².